The molecule has 3 heterocycles. The van der Waals surface area contributed by atoms with Gasteiger partial charge in [-0.3, -0.25) is 0 Å². The van der Waals surface area contributed by atoms with Gasteiger partial charge < -0.3 is 19.3 Å². The second kappa shape index (κ2) is 7.58. The van der Waals surface area contributed by atoms with E-state index in [1.165, 1.54) is 0 Å². The van der Waals surface area contributed by atoms with Crippen LogP contribution in [0.3, 0.4) is 0 Å². The summed E-state index contributed by atoms with van der Waals surface area (Å²) < 4.78 is 18.6. The fourth-order valence-corrected chi connectivity index (χ4v) is 3.84. The summed E-state index contributed by atoms with van der Waals surface area (Å²) in [5.41, 5.74) is -1.33. The molecule has 2 saturated heterocycles. The Morgan fingerprint density at radius 2 is 2.16 bits per heavy atom. The Hall–Kier alpha value is -1.20. The van der Waals surface area contributed by atoms with Gasteiger partial charge >= 0.3 is 0 Å². The maximum absolute atomic E-state index is 10.8. The maximum atomic E-state index is 10.8. The van der Waals surface area contributed by atoms with Crippen LogP contribution in [0.4, 0.5) is 0 Å². The third-order valence-electron chi connectivity index (χ3n) is 5.39. The highest BCUT2D eigenvalue weighted by molar-refractivity contribution is 5.19. The molecule has 4 nitrogen and oxygen atoms in total. The van der Waals surface area contributed by atoms with Gasteiger partial charge in [0, 0.05) is 13.0 Å². The van der Waals surface area contributed by atoms with Crippen molar-refractivity contribution < 1.29 is 19.3 Å². The van der Waals surface area contributed by atoms with Crippen LogP contribution >= 0.6 is 0 Å². The van der Waals surface area contributed by atoms with Crippen LogP contribution < -0.4 is 0 Å². The van der Waals surface area contributed by atoms with Gasteiger partial charge in [-0.05, 0) is 33.1 Å². The lowest BCUT2D eigenvalue weighted by atomic mass is 9.83. The van der Waals surface area contributed by atoms with E-state index in [2.05, 4.69) is 13.5 Å². The maximum Gasteiger partial charge on any atom is 0.110 e. The van der Waals surface area contributed by atoms with Gasteiger partial charge in [-0.25, -0.2) is 0 Å². The lowest BCUT2D eigenvalue weighted by molar-refractivity contribution is -0.253. The van der Waals surface area contributed by atoms with Crippen molar-refractivity contribution >= 4 is 0 Å². The molecule has 0 aromatic carbocycles. The van der Waals surface area contributed by atoms with E-state index >= 15 is 0 Å². The summed E-state index contributed by atoms with van der Waals surface area (Å²) in [6, 6.07) is 0. The van der Waals surface area contributed by atoms with Crippen molar-refractivity contribution in [3.8, 4) is 0 Å². The zero-order valence-electron chi connectivity index (χ0n) is 15.3. The van der Waals surface area contributed by atoms with Gasteiger partial charge in [0.2, 0.25) is 0 Å². The summed E-state index contributed by atoms with van der Waals surface area (Å²) in [5, 5.41) is 10.8. The molecule has 4 heteroatoms. The van der Waals surface area contributed by atoms with E-state index in [9.17, 15) is 5.11 Å². The van der Waals surface area contributed by atoms with Gasteiger partial charge in [-0.1, -0.05) is 42.5 Å². The van der Waals surface area contributed by atoms with Crippen LogP contribution in [0.5, 0.6) is 0 Å². The molecular formula is C21H30O4. The van der Waals surface area contributed by atoms with Crippen molar-refractivity contribution in [3.63, 3.8) is 0 Å². The largest absolute Gasteiger partial charge is 0.383 e. The SMILES string of the molecule is C=CC/C=C/C=C/[C@H]1O[C@H]2C[C@H]3OCCC[C@]3(C)O[C@@H]2C=C[C@]1(C)O. The van der Waals surface area contributed by atoms with E-state index in [1.54, 1.807) is 6.92 Å². The van der Waals surface area contributed by atoms with E-state index in [-0.39, 0.29) is 23.9 Å². The Labute approximate surface area is 150 Å². The highest BCUT2D eigenvalue weighted by Gasteiger charge is 2.50. The average Bonchev–Trinajstić information content (AvgIpc) is 2.69. The third kappa shape index (κ3) is 4.14. The molecule has 3 aliphatic heterocycles. The Kier molecular flexibility index (Phi) is 5.64. The molecule has 6 atom stereocenters. The number of allylic oxidation sites excluding steroid dienone is 4. The molecule has 0 spiro atoms. The van der Waals surface area contributed by atoms with Gasteiger partial charge in [0.1, 0.15) is 17.8 Å². The summed E-state index contributed by atoms with van der Waals surface area (Å²) in [6.07, 6.45) is 16.4. The lowest BCUT2D eigenvalue weighted by Gasteiger charge is -2.49. The predicted molar refractivity (Wildman–Crippen MR) is 98.4 cm³/mol. The van der Waals surface area contributed by atoms with E-state index < -0.39 is 11.7 Å². The number of hydrogen-bond donors (Lipinski definition) is 1. The molecule has 138 valence electrons. The van der Waals surface area contributed by atoms with E-state index in [0.29, 0.717) is 0 Å². The molecule has 0 bridgehead atoms. The molecule has 0 radical (unpaired) electrons. The molecule has 2 fully saturated rings. The van der Waals surface area contributed by atoms with Gasteiger partial charge in [0.05, 0.1) is 17.8 Å². The van der Waals surface area contributed by atoms with E-state index in [4.69, 9.17) is 14.2 Å². The first kappa shape index (κ1) is 18.6. The minimum atomic E-state index is -1.07. The highest BCUT2D eigenvalue weighted by atomic mass is 16.6. The van der Waals surface area contributed by atoms with Crippen LogP contribution in [0.1, 0.15) is 39.5 Å². The van der Waals surface area contributed by atoms with Crippen molar-refractivity contribution in [2.45, 2.75) is 75.1 Å². The van der Waals surface area contributed by atoms with Crippen molar-refractivity contribution in [1.82, 2.24) is 0 Å². The topological polar surface area (TPSA) is 47.9 Å². The van der Waals surface area contributed by atoms with Crippen molar-refractivity contribution in [2.75, 3.05) is 6.61 Å². The first-order chi connectivity index (χ1) is 11.9. The van der Waals surface area contributed by atoms with Gasteiger partial charge in [-0.2, -0.15) is 0 Å². The number of rotatable bonds is 4. The van der Waals surface area contributed by atoms with E-state index in [1.807, 2.05) is 42.5 Å². The molecule has 0 aromatic rings. The van der Waals surface area contributed by atoms with Crippen molar-refractivity contribution in [1.29, 1.82) is 0 Å². The number of ether oxygens (including phenoxy) is 3. The zero-order valence-corrected chi connectivity index (χ0v) is 15.3. The van der Waals surface area contributed by atoms with Gasteiger partial charge in [0.25, 0.3) is 0 Å². The quantitative estimate of drug-likeness (QED) is 0.625. The highest BCUT2D eigenvalue weighted by Crippen LogP contribution is 2.41. The molecule has 0 amide bonds. The molecular weight excluding hydrogens is 316 g/mol. The lowest BCUT2D eigenvalue weighted by Crippen LogP contribution is -2.58. The summed E-state index contributed by atoms with van der Waals surface area (Å²) in [5.74, 6) is 0. The van der Waals surface area contributed by atoms with Crippen LogP contribution in [0.25, 0.3) is 0 Å². The molecule has 0 aromatic heterocycles. The summed E-state index contributed by atoms with van der Waals surface area (Å²) >= 11 is 0. The normalized spacial score (nSPS) is 44.4. The molecule has 0 saturated carbocycles. The van der Waals surface area contributed by atoms with Crippen LogP contribution in [-0.2, 0) is 14.2 Å². The predicted octanol–water partition coefficient (Wildman–Crippen LogP) is 3.48. The Morgan fingerprint density at radius 3 is 2.96 bits per heavy atom. The third-order valence-corrected chi connectivity index (χ3v) is 5.39. The minimum absolute atomic E-state index is 0.0519. The van der Waals surface area contributed by atoms with Gasteiger partial charge in [0.15, 0.2) is 0 Å². The van der Waals surface area contributed by atoms with Crippen molar-refractivity contribution in [2.24, 2.45) is 0 Å². The number of hydrogen-bond acceptors (Lipinski definition) is 4. The summed E-state index contributed by atoms with van der Waals surface area (Å²) in [6.45, 7) is 8.38. The van der Waals surface area contributed by atoms with E-state index in [0.717, 1.165) is 32.3 Å². The van der Waals surface area contributed by atoms with Crippen molar-refractivity contribution in [3.05, 3.63) is 49.1 Å². The fourth-order valence-electron chi connectivity index (χ4n) is 3.84. The minimum Gasteiger partial charge on any atom is -0.383 e. The standard InChI is InChI=1S/C21H30O4/c1-4-5-6-7-8-10-18-20(2,22)13-11-16-17(24-18)15-19-21(3,25-16)12-9-14-23-19/h4,6-8,10-11,13,16-19,22H,1,5,9,12,14-15H2,2-3H3/b7-6+,10-8+/t16-,17+,18-,19-,20+,21+/m1/s1. The number of fused-ring (bicyclic) bond motifs is 2. The van der Waals surface area contributed by atoms with Crippen LogP contribution in [0.2, 0.25) is 0 Å². The van der Waals surface area contributed by atoms with Crippen LogP contribution in [-0.4, -0.2) is 47.3 Å². The molecule has 0 aliphatic carbocycles. The number of aliphatic hydroxyl groups is 1. The van der Waals surface area contributed by atoms with Gasteiger partial charge in [-0.15, -0.1) is 6.58 Å². The first-order valence-electron chi connectivity index (χ1n) is 9.25. The molecule has 0 unspecified atom stereocenters. The summed E-state index contributed by atoms with van der Waals surface area (Å²) in [4.78, 5) is 0. The smallest absolute Gasteiger partial charge is 0.110 e. The Morgan fingerprint density at radius 1 is 1.32 bits per heavy atom. The zero-order chi connectivity index (χ0) is 17.9. The second-order valence-corrected chi connectivity index (χ2v) is 7.61. The summed E-state index contributed by atoms with van der Waals surface area (Å²) in [7, 11) is 0. The fraction of sp³-hybridized carbons (Fsp3) is 0.619. The Bertz CT molecular complexity index is 562. The molecule has 3 aliphatic rings. The average molecular weight is 346 g/mol. The second-order valence-electron chi connectivity index (χ2n) is 7.61. The van der Waals surface area contributed by atoms with Crippen LogP contribution in [0, 0.1) is 0 Å². The molecule has 25 heavy (non-hydrogen) atoms. The molecule has 3 rings (SSSR count). The monoisotopic (exact) mass is 346 g/mol. The first-order valence-corrected chi connectivity index (χ1v) is 9.25. The van der Waals surface area contributed by atoms with Crippen LogP contribution in [0.15, 0.2) is 49.1 Å². The molecule has 1 N–H and O–H groups in total. The Balaban J connectivity index is 1.74.